The van der Waals surface area contributed by atoms with Crippen LogP contribution in [0, 0.1) is 6.92 Å². The van der Waals surface area contributed by atoms with E-state index in [2.05, 4.69) is 0 Å². The Labute approximate surface area is 116 Å². The van der Waals surface area contributed by atoms with E-state index in [1.165, 1.54) is 0 Å². The highest BCUT2D eigenvalue weighted by Crippen LogP contribution is 2.24. The summed E-state index contributed by atoms with van der Waals surface area (Å²) in [5.74, 6) is 0.509. The number of halogens is 1. The van der Waals surface area contributed by atoms with Crippen LogP contribution in [0.2, 0.25) is 5.02 Å². The molecule has 0 aliphatic heterocycles. The van der Waals surface area contributed by atoms with Crippen LogP contribution in [0.25, 0.3) is 0 Å². The van der Waals surface area contributed by atoms with E-state index in [1.807, 2.05) is 25.1 Å². The minimum absolute atomic E-state index is 0.0633. The Balaban J connectivity index is 2.31. The summed E-state index contributed by atoms with van der Waals surface area (Å²) in [7, 11) is 0. The molecule has 5 heteroatoms. The van der Waals surface area contributed by atoms with Crippen molar-refractivity contribution in [2.45, 2.75) is 13.5 Å². The van der Waals surface area contributed by atoms with Crippen LogP contribution < -0.4 is 10.6 Å². The first kappa shape index (κ1) is 13.6. The van der Waals surface area contributed by atoms with E-state index in [-0.39, 0.29) is 12.5 Å². The molecule has 0 unspecified atom stereocenters. The molecule has 0 saturated heterocycles. The summed E-state index contributed by atoms with van der Waals surface area (Å²) in [4.78, 5) is 13.5. The third kappa shape index (κ3) is 3.16. The first-order valence-corrected chi connectivity index (χ1v) is 6.28. The molecular weight excluding hydrogens is 264 g/mol. The molecule has 1 amide bonds. The Morgan fingerprint density at radius 2 is 2.21 bits per heavy atom. The van der Waals surface area contributed by atoms with Gasteiger partial charge in [-0.3, -0.25) is 4.79 Å². The lowest BCUT2D eigenvalue weighted by Crippen LogP contribution is -2.35. The Morgan fingerprint density at radius 1 is 1.42 bits per heavy atom. The molecule has 1 heterocycles. The molecule has 19 heavy (non-hydrogen) atoms. The standard InChI is InChI=1S/C14H15ClN2O2/c1-10-4-5-11(7-13(10)15)17(14(18)8-16)9-12-3-2-6-19-12/h2-7H,8-9,16H2,1H3. The third-order valence-electron chi connectivity index (χ3n) is 2.84. The number of hydrogen-bond donors (Lipinski definition) is 1. The minimum atomic E-state index is -0.184. The number of carbonyl (C=O) groups is 1. The van der Waals surface area contributed by atoms with Gasteiger partial charge in [-0.15, -0.1) is 0 Å². The number of carbonyl (C=O) groups excluding carboxylic acids is 1. The molecule has 0 aliphatic carbocycles. The molecule has 1 aromatic carbocycles. The van der Waals surface area contributed by atoms with Crippen LogP contribution in [0.4, 0.5) is 5.69 Å². The summed E-state index contributed by atoms with van der Waals surface area (Å²) < 4.78 is 5.27. The monoisotopic (exact) mass is 278 g/mol. The third-order valence-corrected chi connectivity index (χ3v) is 3.24. The maximum absolute atomic E-state index is 12.0. The number of rotatable bonds is 4. The van der Waals surface area contributed by atoms with Gasteiger partial charge in [0.1, 0.15) is 5.76 Å². The molecule has 2 aromatic rings. The van der Waals surface area contributed by atoms with Gasteiger partial charge in [-0.2, -0.15) is 0 Å². The maximum Gasteiger partial charge on any atom is 0.241 e. The van der Waals surface area contributed by atoms with Gasteiger partial charge in [0.15, 0.2) is 0 Å². The topological polar surface area (TPSA) is 59.5 Å². The van der Waals surface area contributed by atoms with Gasteiger partial charge < -0.3 is 15.1 Å². The van der Waals surface area contributed by atoms with Crippen LogP contribution in [0.5, 0.6) is 0 Å². The van der Waals surface area contributed by atoms with Gasteiger partial charge in [0.2, 0.25) is 5.91 Å². The molecule has 0 bridgehead atoms. The Bertz CT molecular complexity index is 567. The zero-order valence-corrected chi connectivity index (χ0v) is 11.4. The average molecular weight is 279 g/mol. The Kier molecular flexibility index (Phi) is 4.24. The Hall–Kier alpha value is -1.78. The molecule has 1 aromatic heterocycles. The van der Waals surface area contributed by atoms with Gasteiger partial charge in [0.25, 0.3) is 0 Å². The molecule has 0 aliphatic rings. The van der Waals surface area contributed by atoms with Gasteiger partial charge in [0, 0.05) is 10.7 Å². The molecule has 4 nitrogen and oxygen atoms in total. The predicted octanol–water partition coefficient (Wildman–Crippen LogP) is 2.73. The molecule has 2 N–H and O–H groups in total. The van der Waals surface area contributed by atoms with Crippen LogP contribution in [0.3, 0.4) is 0 Å². The summed E-state index contributed by atoms with van der Waals surface area (Å²) in [6.07, 6.45) is 1.57. The van der Waals surface area contributed by atoms with Crippen molar-refractivity contribution in [3.8, 4) is 0 Å². The fourth-order valence-electron chi connectivity index (χ4n) is 1.74. The van der Waals surface area contributed by atoms with Crippen molar-refractivity contribution in [2.75, 3.05) is 11.4 Å². The van der Waals surface area contributed by atoms with Crippen LogP contribution in [-0.2, 0) is 11.3 Å². The minimum Gasteiger partial charge on any atom is -0.467 e. The SMILES string of the molecule is Cc1ccc(N(Cc2ccco2)C(=O)CN)cc1Cl. The number of hydrogen-bond acceptors (Lipinski definition) is 3. The normalized spacial score (nSPS) is 10.5. The lowest BCUT2D eigenvalue weighted by molar-refractivity contribution is -0.117. The van der Waals surface area contributed by atoms with Gasteiger partial charge in [-0.05, 0) is 36.8 Å². The van der Waals surface area contributed by atoms with Crippen LogP contribution in [0.15, 0.2) is 41.0 Å². The molecule has 0 fully saturated rings. The number of nitrogens with two attached hydrogens (primary N) is 1. The van der Waals surface area contributed by atoms with E-state index in [0.717, 1.165) is 5.56 Å². The zero-order valence-electron chi connectivity index (χ0n) is 10.6. The maximum atomic E-state index is 12.0. The van der Waals surface area contributed by atoms with E-state index in [0.29, 0.717) is 23.0 Å². The van der Waals surface area contributed by atoms with E-state index in [4.69, 9.17) is 21.8 Å². The van der Waals surface area contributed by atoms with Crippen LogP contribution >= 0.6 is 11.6 Å². The first-order valence-electron chi connectivity index (χ1n) is 5.91. The molecule has 0 radical (unpaired) electrons. The molecule has 0 atom stereocenters. The lowest BCUT2D eigenvalue weighted by Gasteiger charge is -2.21. The highest BCUT2D eigenvalue weighted by atomic mass is 35.5. The number of aryl methyl sites for hydroxylation is 1. The van der Waals surface area contributed by atoms with E-state index >= 15 is 0 Å². The molecule has 0 saturated carbocycles. The quantitative estimate of drug-likeness (QED) is 0.935. The molecule has 0 spiro atoms. The number of amides is 1. The van der Waals surface area contributed by atoms with Gasteiger partial charge in [0.05, 0.1) is 19.4 Å². The highest BCUT2D eigenvalue weighted by Gasteiger charge is 2.16. The van der Waals surface area contributed by atoms with Crippen LogP contribution in [0.1, 0.15) is 11.3 Å². The summed E-state index contributed by atoms with van der Waals surface area (Å²) in [6, 6.07) is 9.07. The number of nitrogens with zero attached hydrogens (tertiary/aromatic N) is 1. The number of anilines is 1. The zero-order chi connectivity index (χ0) is 13.8. The van der Waals surface area contributed by atoms with E-state index in [1.54, 1.807) is 23.3 Å². The second-order valence-corrected chi connectivity index (χ2v) is 4.60. The van der Waals surface area contributed by atoms with E-state index < -0.39 is 0 Å². The van der Waals surface area contributed by atoms with E-state index in [9.17, 15) is 4.79 Å². The highest BCUT2D eigenvalue weighted by molar-refractivity contribution is 6.31. The van der Waals surface area contributed by atoms with Crippen LogP contribution in [-0.4, -0.2) is 12.5 Å². The molecular formula is C14H15ClN2O2. The summed E-state index contributed by atoms with van der Waals surface area (Å²) >= 11 is 6.09. The average Bonchev–Trinajstić information content (AvgIpc) is 2.91. The Morgan fingerprint density at radius 3 is 2.79 bits per heavy atom. The summed E-state index contributed by atoms with van der Waals surface area (Å²) in [5, 5.41) is 0.617. The largest absolute Gasteiger partial charge is 0.467 e. The summed E-state index contributed by atoms with van der Waals surface area (Å²) in [6.45, 7) is 2.18. The molecule has 2 rings (SSSR count). The van der Waals surface area contributed by atoms with Crippen molar-refractivity contribution in [3.63, 3.8) is 0 Å². The van der Waals surface area contributed by atoms with Gasteiger partial charge >= 0.3 is 0 Å². The predicted molar refractivity (Wildman–Crippen MR) is 75.1 cm³/mol. The van der Waals surface area contributed by atoms with Crippen molar-refractivity contribution in [2.24, 2.45) is 5.73 Å². The summed E-state index contributed by atoms with van der Waals surface area (Å²) in [5.41, 5.74) is 7.12. The second-order valence-electron chi connectivity index (χ2n) is 4.20. The van der Waals surface area contributed by atoms with Crippen molar-refractivity contribution in [3.05, 3.63) is 52.9 Å². The van der Waals surface area contributed by atoms with Crippen molar-refractivity contribution in [1.82, 2.24) is 0 Å². The first-order chi connectivity index (χ1) is 9.11. The van der Waals surface area contributed by atoms with Crippen molar-refractivity contribution < 1.29 is 9.21 Å². The van der Waals surface area contributed by atoms with Gasteiger partial charge in [-0.25, -0.2) is 0 Å². The lowest BCUT2D eigenvalue weighted by atomic mass is 10.2. The fraction of sp³-hybridized carbons (Fsp3) is 0.214. The second kappa shape index (κ2) is 5.91. The smallest absolute Gasteiger partial charge is 0.241 e. The number of furan rings is 1. The van der Waals surface area contributed by atoms with Gasteiger partial charge in [-0.1, -0.05) is 17.7 Å². The fourth-order valence-corrected chi connectivity index (χ4v) is 1.92. The number of benzene rings is 1. The molecule has 100 valence electrons. The van der Waals surface area contributed by atoms with Crippen molar-refractivity contribution in [1.29, 1.82) is 0 Å². The van der Waals surface area contributed by atoms with Crippen molar-refractivity contribution >= 4 is 23.2 Å².